The first-order valence-electron chi connectivity index (χ1n) is 4.54. The third-order valence-electron chi connectivity index (χ3n) is 1.77. The molecule has 0 saturated heterocycles. The van der Waals surface area contributed by atoms with Crippen LogP contribution in [0.5, 0.6) is 0 Å². The molecule has 0 bridgehead atoms. The molecule has 7 nitrogen and oxygen atoms in total. The number of amides is 1. The van der Waals surface area contributed by atoms with Gasteiger partial charge in [-0.3, -0.25) is 9.59 Å². The Morgan fingerprint density at radius 2 is 2.00 bits per heavy atom. The van der Waals surface area contributed by atoms with Crippen LogP contribution in [0.1, 0.15) is 6.42 Å². The topological polar surface area (TPSA) is 116 Å². The van der Waals surface area contributed by atoms with Crippen molar-refractivity contribution >= 4 is 21.7 Å². The van der Waals surface area contributed by atoms with Crippen LogP contribution in [0.25, 0.3) is 0 Å². The third kappa shape index (κ3) is 7.18. The van der Waals surface area contributed by atoms with E-state index in [1.165, 1.54) is 7.11 Å². The van der Waals surface area contributed by atoms with Crippen LogP contribution < -0.4 is 11.1 Å². The zero-order valence-electron chi connectivity index (χ0n) is 9.23. The highest BCUT2D eigenvalue weighted by Crippen LogP contribution is 1.93. The zero-order valence-corrected chi connectivity index (χ0v) is 10.0. The van der Waals surface area contributed by atoms with E-state index in [4.69, 9.17) is 5.73 Å². The van der Waals surface area contributed by atoms with Crippen LogP contribution in [0.2, 0.25) is 0 Å². The van der Waals surface area contributed by atoms with Gasteiger partial charge in [0.1, 0.15) is 16.4 Å². The average molecular weight is 252 g/mol. The van der Waals surface area contributed by atoms with Gasteiger partial charge in [-0.05, 0) is 6.42 Å². The molecule has 0 aromatic rings. The summed E-state index contributed by atoms with van der Waals surface area (Å²) >= 11 is 0. The van der Waals surface area contributed by atoms with E-state index in [0.29, 0.717) is 0 Å². The minimum absolute atomic E-state index is 0.0197. The molecule has 0 radical (unpaired) electrons. The molecule has 0 aliphatic heterocycles. The van der Waals surface area contributed by atoms with E-state index in [1.54, 1.807) is 0 Å². The monoisotopic (exact) mass is 252 g/mol. The van der Waals surface area contributed by atoms with Crippen LogP contribution in [-0.4, -0.2) is 52.0 Å². The van der Waals surface area contributed by atoms with Crippen LogP contribution >= 0.6 is 0 Å². The summed E-state index contributed by atoms with van der Waals surface area (Å²) in [6.45, 7) is -0.276. The van der Waals surface area contributed by atoms with Gasteiger partial charge in [0.15, 0.2) is 0 Å². The number of hydrogen-bond donors (Lipinski definition) is 2. The first kappa shape index (κ1) is 14.8. The molecule has 16 heavy (non-hydrogen) atoms. The van der Waals surface area contributed by atoms with Gasteiger partial charge >= 0.3 is 5.97 Å². The molecule has 94 valence electrons. The Labute approximate surface area is 94.2 Å². The second-order valence-corrected chi connectivity index (χ2v) is 5.58. The summed E-state index contributed by atoms with van der Waals surface area (Å²) in [6, 6.07) is -0.945. The number of carbonyl (C=O) groups is 2. The van der Waals surface area contributed by atoms with E-state index < -0.39 is 27.8 Å². The Morgan fingerprint density at radius 3 is 2.44 bits per heavy atom. The lowest BCUT2D eigenvalue weighted by Gasteiger charge is -2.10. The number of rotatable bonds is 6. The Morgan fingerprint density at radius 1 is 1.44 bits per heavy atom. The average Bonchev–Trinajstić information content (AvgIpc) is 2.20. The Balaban J connectivity index is 3.96. The van der Waals surface area contributed by atoms with Crippen molar-refractivity contribution in [3.8, 4) is 0 Å². The highest BCUT2D eigenvalue weighted by molar-refractivity contribution is 7.90. The Hall–Kier alpha value is -1.15. The normalized spacial score (nSPS) is 12.9. The first-order chi connectivity index (χ1) is 7.26. The summed E-state index contributed by atoms with van der Waals surface area (Å²) < 4.78 is 25.9. The molecule has 3 N–H and O–H groups in total. The summed E-state index contributed by atoms with van der Waals surface area (Å²) in [6.07, 6.45) is 1.08. The largest absolute Gasteiger partial charge is 0.468 e. The van der Waals surface area contributed by atoms with Gasteiger partial charge in [-0.2, -0.15) is 0 Å². The second kappa shape index (κ2) is 6.44. The summed E-state index contributed by atoms with van der Waals surface area (Å²) in [4.78, 5) is 21.9. The van der Waals surface area contributed by atoms with E-state index in [-0.39, 0.29) is 18.7 Å². The number of methoxy groups -OCH3 is 1. The number of esters is 1. The summed E-state index contributed by atoms with van der Waals surface area (Å²) in [5.74, 6) is -1.34. The number of sulfone groups is 1. The lowest BCUT2D eigenvalue weighted by molar-refractivity contribution is -0.141. The fourth-order valence-electron chi connectivity index (χ4n) is 0.835. The van der Waals surface area contributed by atoms with Gasteiger partial charge in [0.05, 0.1) is 18.9 Å². The van der Waals surface area contributed by atoms with Gasteiger partial charge in [-0.15, -0.1) is 0 Å². The number of ether oxygens (including phenoxy) is 1. The molecule has 0 heterocycles. The van der Waals surface area contributed by atoms with Crippen molar-refractivity contribution in [3.63, 3.8) is 0 Å². The fourth-order valence-corrected chi connectivity index (χ4v) is 1.52. The molecule has 0 aromatic heterocycles. The van der Waals surface area contributed by atoms with Crippen LogP contribution in [0.4, 0.5) is 0 Å². The van der Waals surface area contributed by atoms with Crippen LogP contribution in [0.3, 0.4) is 0 Å². The highest BCUT2D eigenvalue weighted by atomic mass is 32.2. The molecule has 1 amide bonds. The van der Waals surface area contributed by atoms with Crippen LogP contribution in [0, 0.1) is 0 Å². The molecule has 0 rings (SSSR count). The van der Waals surface area contributed by atoms with Gasteiger partial charge in [-0.1, -0.05) is 0 Å². The van der Waals surface area contributed by atoms with Crippen LogP contribution in [-0.2, 0) is 24.2 Å². The maximum absolute atomic E-state index is 11.2. The lowest BCUT2D eigenvalue weighted by atomic mass is 10.2. The van der Waals surface area contributed by atoms with Gasteiger partial charge in [0, 0.05) is 6.26 Å². The van der Waals surface area contributed by atoms with Crippen molar-refractivity contribution in [1.29, 1.82) is 0 Å². The highest BCUT2D eigenvalue weighted by Gasteiger charge is 2.16. The van der Waals surface area contributed by atoms with Crippen molar-refractivity contribution in [1.82, 2.24) is 5.32 Å². The van der Waals surface area contributed by atoms with E-state index in [2.05, 4.69) is 10.1 Å². The molecular weight excluding hydrogens is 236 g/mol. The Bertz CT molecular complexity index is 351. The molecule has 1 unspecified atom stereocenters. The van der Waals surface area contributed by atoms with Crippen molar-refractivity contribution in [2.24, 2.45) is 5.73 Å². The first-order valence-corrected chi connectivity index (χ1v) is 6.60. The molecule has 0 fully saturated rings. The van der Waals surface area contributed by atoms with E-state index in [9.17, 15) is 18.0 Å². The standard InChI is InChI=1S/C8H16N2O5S/c1-15-7(11)5-10-8(12)6(9)3-4-16(2,13)14/h6H,3-5,9H2,1-2H3,(H,10,12). The number of nitrogens with one attached hydrogen (secondary N) is 1. The maximum Gasteiger partial charge on any atom is 0.325 e. The van der Waals surface area contributed by atoms with Crippen LogP contribution in [0.15, 0.2) is 0 Å². The van der Waals surface area contributed by atoms with E-state index in [0.717, 1.165) is 6.26 Å². The minimum atomic E-state index is -3.14. The molecule has 0 aliphatic rings. The maximum atomic E-state index is 11.2. The van der Waals surface area contributed by atoms with Gasteiger partial charge < -0.3 is 15.8 Å². The van der Waals surface area contributed by atoms with Gasteiger partial charge in [0.2, 0.25) is 5.91 Å². The molecule has 8 heteroatoms. The zero-order chi connectivity index (χ0) is 12.8. The van der Waals surface area contributed by atoms with Crippen molar-refractivity contribution in [3.05, 3.63) is 0 Å². The van der Waals surface area contributed by atoms with Gasteiger partial charge in [-0.25, -0.2) is 8.42 Å². The predicted octanol–water partition coefficient (Wildman–Crippen LogP) is -1.96. The lowest BCUT2D eigenvalue weighted by Crippen LogP contribution is -2.43. The summed E-state index contributed by atoms with van der Waals surface area (Å²) in [5, 5.41) is 2.24. The summed E-state index contributed by atoms with van der Waals surface area (Å²) in [7, 11) is -1.95. The third-order valence-corrected chi connectivity index (χ3v) is 2.75. The minimum Gasteiger partial charge on any atom is -0.468 e. The number of hydrogen-bond acceptors (Lipinski definition) is 6. The second-order valence-electron chi connectivity index (χ2n) is 3.32. The molecule has 0 saturated carbocycles. The summed E-state index contributed by atoms with van der Waals surface area (Å²) in [5.41, 5.74) is 5.42. The molecule has 0 aromatic carbocycles. The Kier molecular flexibility index (Phi) is 5.97. The quantitative estimate of drug-likeness (QED) is 0.530. The predicted molar refractivity (Wildman–Crippen MR) is 57.3 cm³/mol. The molecule has 0 spiro atoms. The van der Waals surface area contributed by atoms with E-state index >= 15 is 0 Å². The van der Waals surface area contributed by atoms with Gasteiger partial charge in [0.25, 0.3) is 0 Å². The smallest absolute Gasteiger partial charge is 0.325 e. The molecular formula is C8H16N2O5S. The molecule has 0 aliphatic carbocycles. The number of carbonyl (C=O) groups excluding carboxylic acids is 2. The van der Waals surface area contributed by atoms with Crippen molar-refractivity contribution in [2.45, 2.75) is 12.5 Å². The fraction of sp³-hybridized carbons (Fsp3) is 0.750. The number of nitrogens with two attached hydrogens (primary N) is 1. The molecule has 1 atom stereocenters. The van der Waals surface area contributed by atoms with Crippen molar-refractivity contribution < 1.29 is 22.7 Å². The SMILES string of the molecule is COC(=O)CNC(=O)C(N)CCS(C)(=O)=O. The van der Waals surface area contributed by atoms with E-state index in [1.807, 2.05) is 0 Å². The van der Waals surface area contributed by atoms with Crippen molar-refractivity contribution in [2.75, 3.05) is 25.7 Å².